The van der Waals surface area contributed by atoms with Gasteiger partial charge in [0, 0.05) is 36.7 Å². The Bertz CT molecular complexity index is 626. The van der Waals surface area contributed by atoms with Gasteiger partial charge in [-0.3, -0.25) is 9.59 Å². The van der Waals surface area contributed by atoms with E-state index in [4.69, 9.17) is 5.11 Å². The monoisotopic (exact) mass is 338 g/mol. The second-order valence-corrected chi connectivity index (χ2v) is 5.89. The van der Waals surface area contributed by atoms with Crippen LogP contribution in [-0.2, 0) is 4.79 Å². The molecule has 0 heterocycles. The van der Waals surface area contributed by atoms with Gasteiger partial charge in [0.05, 0.1) is 0 Å². The molecule has 1 aliphatic carbocycles. The van der Waals surface area contributed by atoms with Crippen molar-refractivity contribution in [3.8, 4) is 0 Å². The lowest BCUT2D eigenvalue weighted by Crippen LogP contribution is -2.50. The third-order valence-electron chi connectivity index (χ3n) is 4.02. The number of hydrogen-bond donors (Lipinski definition) is 3. The van der Waals surface area contributed by atoms with Crippen molar-refractivity contribution in [2.45, 2.75) is 31.2 Å². The number of anilines is 1. The zero-order valence-electron chi connectivity index (χ0n) is 13.1. The van der Waals surface area contributed by atoms with Gasteiger partial charge < -0.3 is 15.7 Å². The first-order valence-corrected chi connectivity index (χ1v) is 7.67. The summed E-state index contributed by atoms with van der Waals surface area (Å²) in [7, 11) is 0. The molecule has 0 bridgehead atoms. The van der Waals surface area contributed by atoms with E-state index in [1.165, 1.54) is 6.07 Å². The van der Waals surface area contributed by atoms with Gasteiger partial charge in [0.1, 0.15) is 0 Å². The number of benzene rings is 1. The molecule has 0 radical (unpaired) electrons. The minimum atomic E-state index is -2.68. The molecule has 3 N–H and O–H groups in total. The fourth-order valence-corrected chi connectivity index (χ4v) is 2.74. The predicted octanol–water partition coefficient (Wildman–Crippen LogP) is 2.34. The first-order chi connectivity index (χ1) is 11.3. The number of nitrogens with one attached hydrogen (secondary N) is 2. The maximum Gasteiger partial charge on any atom is 0.251 e. The first kappa shape index (κ1) is 18.1. The van der Waals surface area contributed by atoms with E-state index in [0.29, 0.717) is 11.3 Å². The molecule has 24 heavy (non-hydrogen) atoms. The lowest BCUT2D eigenvalue weighted by Gasteiger charge is -2.40. The number of rotatable bonds is 7. The van der Waals surface area contributed by atoms with Crippen LogP contribution in [0.5, 0.6) is 0 Å². The van der Waals surface area contributed by atoms with E-state index < -0.39 is 23.8 Å². The quantitative estimate of drug-likeness (QED) is 0.668. The number of hydrogen-bond acceptors (Lipinski definition) is 3. The van der Waals surface area contributed by atoms with Crippen LogP contribution in [0.25, 0.3) is 0 Å². The maximum atomic E-state index is 13.0. The molecular weight excluding hydrogens is 318 g/mol. The van der Waals surface area contributed by atoms with Gasteiger partial charge in [0.25, 0.3) is 5.91 Å². The summed E-state index contributed by atoms with van der Waals surface area (Å²) in [6.45, 7) is 3.15. The normalized spacial score (nSPS) is 17.5. The highest BCUT2D eigenvalue weighted by Crippen LogP contribution is 2.44. The van der Waals surface area contributed by atoms with Crippen LogP contribution in [-0.4, -0.2) is 35.5 Å². The molecule has 1 atom stereocenters. The molecule has 0 aliphatic heterocycles. The van der Waals surface area contributed by atoms with E-state index in [1.807, 2.05) is 0 Å². The number of carbonyl (C=O) groups is 2. The summed E-state index contributed by atoms with van der Waals surface area (Å²) in [5.74, 6) is -3.86. The number of alkyl halides is 2. The molecule has 0 saturated heterocycles. The van der Waals surface area contributed by atoms with Gasteiger partial charge >= 0.3 is 0 Å². The lowest BCUT2D eigenvalue weighted by atomic mass is 9.75. The van der Waals surface area contributed by atoms with Gasteiger partial charge in [0.2, 0.25) is 11.8 Å². The van der Waals surface area contributed by atoms with Crippen molar-refractivity contribution < 1.29 is 23.5 Å². The van der Waals surface area contributed by atoms with E-state index in [-0.39, 0.29) is 31.8 Å². The lowest BCUT2D eigenvalue weighted by molar-refractivity contribution is -0.119. The highest BCUT2D eigenvalue weighted by molar-refractivity contribution is 6.00. The molecule has 0 aromatic heterocycles. The van der Waals surface area contributed by atoms with Crippen molar-refractivity contribution in [1.29, 1.82) is 0 Å². The first-order valence-electron chi connectivity index (χ1n) is 7.67. The van der Waals surface area contributed by atoms with Crippen LogP contribution < -0.4 is 10.6 Å². The van der Waals surface area contributed by atoms with Crippen molar-refractivity contribution in [1.82, 2.24) is 5.32 Å². The van der Waals surface area contributed by atoms with Crippen molar-refractivity contribution in [2.24, 2.45) is 5.92 Å². The van der Waals surface area contributed by atoms with E-state index in [0.717, 1.165) is 6.08 Å². The number of halogens is 2. The van der Waals surface area contributed by atoms with E-state index in [9.17, 15) is 18.4 Å². The molecule has 130 valence electrons. The van der Waals surface area contributed by atoms with Crippen molar-refractivity contribution in [3.63, 3.8) is 0 Å². The van der Waals surface area contributed by atoms with E-state index >= 15 is 0 Å². The van der Waals surface area contributed by atoms with Crippen molar-refractivity contribution >= 4 is 17.5 Å². The number of carbonyl (C=O) groups excluding carboxylic acids is 2. The summed E-state index contributed by atoms with van der Waals surface area (Å²) in [6, 6.07) is 5.77. The maximum absolute atomic E-state index is 13.0. The minimum Gasteiger partial charge on any atom is -0.396 e. The molecule has 7 heteroatoms. The standard InChI is InChI=1S/C17H20F2N2O3/c1-2-15(23)20-13-5-3-4-11(8-13)16(24)21-14(6-7-22)12-9-17(18,19)10-12/h2-5,8,12,14,22H,1,6-7,9-10H2,(H,20,23)(H,21,24). The molecule has 1 aliphatic rings. The second-order valence-electron chi connectivity index (χ2n) is 5.89. The SMILES string of the molecule is C=CC(=O)Nc1cccc(C(=O)NC(CCO)C2CC(F)(F)C2)c1. The Kier molecular flexibility index (Phi) is 5.66. The van der Waals surface area contributed by atoms with Gasteiger partial charge in [-0.1, -0.05) is 12.6 Å². The van der Waals surface area contributed by atoms with Crippen LogP contribution >= 0.6 is 0 Å². The second kappa shape index (κ2) is 7.53. The average molecular weight is 338 g/mol. The molecule has 0 spiro atoms. The van der Waals surface area contributed by atoms with Crippen molar-refractivity contribution in [2.75, 3.05) is 11.9 Å². The third-order valence-corrected chi connectivity index (χ3v) is 4.02. The van der Waals surface area contributed by atoms with Crippen LogP contribution in [0.2, 0.25) is 0 Å². The Morgan fingerprint density at radius 2 is 2.12 bits per heavy atom. The average Bonchev–Trinajstić information content (AvgIpc) is 2.52. The fourth-order valence-electron chi connectivity index (χ4n) is 2.74. The van der Waals surface area contributed by atoms with Gasteiger partial charge in [-0.05, 0) is 36.6 Å². The van der Waals surface area contributed by atoms with E-state index in [1.54, 1.807) is 18.2 Å². The molecule has 1 aromatic rings. The minimum absolute atomic E-state index is 0.192. The molecule has 1 saturated carbocycles. The molecule has 1 aromatic carbocycles. The highest BCUT2D eigenvalue weighted by Gasteiger charge is 2.48. The molecular formula is C17H20F2N2O3. The van der Waals surface area contributed by atoms with Crippen LogP contribution in [0.15, 0.2) is 36.9 Å². The molecule has 1 unspecified atom stereocenters. The van der Waals surface area contributed by atoms with E-state index in [2.05, 4.69) is 17.2 Å². The number of aliphatic hydroxyl groups is 1. The Hall–Kier alpha value is -2.28. The Labute approximate surface area is 138 Å². The molecule has 2 rings (SSSR count). The Morgan fingerprint density at radius 3 is 2.71 bits per heavy atom. The Balaban J connectivity index is 2.03. The molecule has 5 nitrogen and oxygen atoms in total. The molecule has 2 amide bonds. The summed E-state index contributed by atoms with van der Waals surface area (Å²) >= 11 is 0. The summed E-state index contributed by atoms with van der Waals surface area (Å²) in [5, 5.41) is 14.3. The Morgan fingerprint density at radius 1 is 1.42 bits per heavy atom. The zero-order chi connectivity index (χ0) is 17.7. The summed E-state index contributed by atoms with van der Waals surface area (Å²) in [4.78, 5) is 23.6. The van der Waals surface area contributed by atoms with Gasteiger partial charge in [-0.15, -0.1) is 0 Å². The van der Waals surface area contributed by atoms with Crippen LogP contribution in [0.3, 0.4) is 0 Å². The van der Waals surface area contributed by atoms with Gasteiger partial charge in [0.15, 0.2) is 0 Å². The number of amides is 2. The zero-order valence-corrected chi connectivity index (χ0v) is 13.1. The smallest absolute Gasteiger partial charge is 0.251 e. The van der Waals surface area contributed by atoms with Crippen molar-refractivity contribution in [3.05, 3.63) is 42.5 Å². The van der Waals surface area contributed by atoms with Crippen LogP contribution in [0.4, 0.5) is 14.5 Å². The van der Waals surface area contributed by atoms with Gasteiger partial charge in [-0.25, -0.2) is 8.78 Å². The topological polar surface area (TPSA) is 78.4 Å². The highest BCUT2D eigenvalue weighted by atomic mass is 19.3. The van der Waals surface area contributed by atoms with Crippen LogP contribution in [0, 0.1) is 5.92 Å². The largest absolute Gasteiger partial charge is 0.396 e. The summed E-state index contributed by atoms with van der Waals surface area (Å²) < 4.78 is 26.1. The number of aliphatic hydroxyl groups excluding tert-OH is 1. The predicted molar refractivity (Wildman–Crippen MR) is 85.9 cm³/mol. The summed E-state index contributed by atoms with van der Waals surface area (Å²) in [6.07, 6.45) is 0.765. The molecule has 1 fully saturated rings. The summed E-state index contributed by atoms with van der Waals surface area (Å²) in [5.41, 5.74) is 0.729. The van der Waals surface area contributed by atoms with Crippen LogP contribution in [0.1, 0.15) is 29.6 Å². The van der Waals surface area contributed by atoms with Gasteiger partial charge in [-0.2, -0.15) is 0 Å². The fraction of sp³-hybridized carbons (Fsp3) is 0.412. The third kappa shape index (κ3) is 4.61.